The molecule has 0 aliphatic carbocycles. The van der Waals surface area contributed by atoms with Crippen LogP contribution in [-0.4, -0.2) is 32.2 Å². The van der Waals surface area contributed by atoms with Gasteiger partial charge in [0.1, 0.15) is 0 Å². The molecule has 0 aliphatic rings. The van der Waals surface area contributed by atoms with Crippen LogP contribution in [-0.2, 0) is 0 Å². The lowest BCUT2D eigenvalue weighted by Crippen LogP contribution is -2.21. The molecule has 1 heterocycles. The number of hydrogen-bond donors (Lipinski definition) is 1. The summed E-state index contributed by atoms with van der Waals surface area (Å²) in [4.78, 5) is 6.34. The Labute approximate surface area is 91.1 Å². The number of pyridine rings is 1. The minimum Gasteiger partial charge on any atom is -0.493 e. The van der Waals surface area contributed by atoms with Crippen LogP contribution >= 0.6 is 0 Å². The average molecular weight is 209 g/mol. The normalized spacial score (nSPS) is 10.1. The Balaban J connectivity index is 2.85. The first-order chi connectivity index (χ1) is 7.19. The summed E-state index contributed by atoms with van der Waals surface area (Å²) >= 11 is 0. The summed E-state index contributed by atoms with van der Waals surface area (Å²) in [6.07, 6.45) is 2.73. The fourth-order valence-corrected chi connectivity index (χ4v) is 1.44. The Kier molecular flexibility index (Phi) is 4.37. The zero-order valence-corrected chi connectivity index (χ0v) is 9.66. The van der Waals surface area contributed by atoms with E-state index in [0.717, 1.165) is 30.1 Å². The van der Waals surface area contributed by atoms with E-state index in [1.54, 1.807) is 13.3 Å². The number of ether oxygens (including phenoxy) is 1. The molecule has 4 nitrogen and oxygen atoms in total. The van der Waals surface area contributed by atoms with Crippen molar-refractivity contribution in [1.29, 1.82) is 0 Å². The second-order valence-electron chi connectivity index (χ2n) is 3.56. The third-order valence-corrected chi connectivity index (χ3v) is 2.31. The molecule has 1 rings (SSSR count). The molecule has 1 aromatic heterocycles. The van der Waals surface area contributed by atoms with Crippen LogP contribution in [0.25, 0.3) is 0 Å². The van der Waals surface area contributed by atoms with Crippen LogP contribution in [0, 0.1) is 6.92 Å². The van der Waals surface area contributed by atoms with Gasteiger partial charge in [0, 0.05) is 19.3 Å². The van der Waals surface area contributed by atoms with E-state index >= 15 is 0 Å². The van der Waals surface area contributed by atoms with Gasteiger partial charge < -0.3 is 15.4 Å². The van der Waals surface area contributed by atoms with E-state index in [9.17, 15) is 0 Å². The number of anilines is 1. The first-order valence-corrected chi connectivity index (χ1v) is 5.11. The lowest BCUT2D eigenvalue weighted by Gasteiger charge is -2.21. The van der Waals surface area contributed by atoms with Crippen LogP contribution in [0.4, 0.5) is 5.69 Å². The standard InChI is InChI=1S/C11H19N3O/c1-9-7-10(11(15-3)8-13-9)14(2)6-4-5-12/h7-8H,4-6,12H2,1-3H3. The van der Waals surface area contributed by atoms with Crippen molar-refractivity contribution in [1.82, 2.24) is 4.98 Å². The highest BCUT2D eigenvalue weighted by Crippen LogP contribution is 2.26. The predicted octanol–water partition coefficient (Wildman–Crippen LogP) is 1.18. The van der Waals surface area contributed by atoms with Crippen molar-refractivity contribution in [2.75, 3.05) is 32.1 Å². The maximum absolute atomic E-state index is 5.49. The van der Waals surface area contributed by atoms with Crippen molar-refractivity contribution in [3.05, 3.63) is 18.0 Å². The fourth-order valence-electron chi connectivity index (χ4n) is 1.44. The van der Waals surface area contributed by atoms with Crippen LogP contribution in [0.3, 0.4) is 0 Å². The molecule has 0 saturated carbocycles. The van der Waals surface area contributed by atoms with E-state index in [1.807, 2.05) is 20.0 Å². The minimum absolute atomic E-state index is 0.705. The number of nitrogens with two attached hydrogens (primary N) is 1. The van der Waals surface area contributed by atoms with Crippen molar-refractivity contribution in [3.63, 3.8) is 0 Å². The number of aromatic nitrogens is 1. The van der Waals surface area contributed by atoms with Gasteiger partial charge >= 0.3 is 0 Å². The van der Waals surface area contributed by atoms with Crippen LogP contribution in [0.5, 0.6) is 5.75 Å². The quantitative estimate of drug-likeness (QED) is 0.791. The molecule has 15 heavy (non-hydrogen) atoms. The third kappa shape index (κ3) is 3.09. The molecule has 0 unspecified atom stereocenters. The molecule has 0 saturated heterocycles. The van der Waals surface area contributed by atoms with Gasteiger partial charge in [0.25, 0.3) is 0 Å². The summed E-state index contributed by atoms with van der Waals surface area (Å²) in [6.45, 7) is 3.60. The van der Waals surface area contributed by atoms with Crippen LogP contribution in [0.2, 0.25) is 0 Å². The van der Waals surface area contributed by atoms with Crippen molar-refractivity contribution < 1.29 is 4.74 Å². The minimum atomic E-state index is 0.705. The smallest absolute Gasteiger partial charge is 0.160 e. The SMILES string of the molecule is COc1cnc(C)cc1N(C)CCCN. The van der Waals surface area contributed by atoms with E-state index in [2.05, 4.69) is 9.88 Å². The summed E-state index contributed by atoms with van der Waals surface area (Å²) < 4.78 is 5.27. The number of rotatable bonds is 5. The summed E-state index contributed by atoms with van der Waals surface area (Å²) in [6, 6.07) is 2.02. The Bertz CT molecular complexity index is 315. The van der Waals surface area contributed by atoms with Gasteiger partial charge in [-0.25, -0.2) is 0 Å². The Morgan fingerprint density at radius 3 is 2.87 bits per heavy atom. The Hall–Kier alpha value is -1.29. The molecule has 0 atom stereocenters. The molecular formula is C11H19N3O. The van der Waals surface area contributed by atoms with Crippen molar-refractivity contribution in [3.8, 4) is 5.75 Å². The largest absolute Gasteiger partial charge is 0.493 e. The van der Waals surface area contributed by atoms with E-state index in [0.29, 0.717) is 6.54 Å². The molecule has 0 radical (unpaired) electrons. The van der Waals surface area contributed by atoms with Gasteiger partial charge in [-0.2, -0.15) is 0 Å². The van der Waals surface area contributed by atoms with Gasteiger partial charge in [0.15, 0.2) is 5.75 Å². The second-order valence-corrected chi connectivity index (χ2v) is 3.56. The van der Waals surface area contributed by atoms with Gasteiger partial charge in [-0.05, 0) is 26.0 Å². The predicted molar refractivity (Wildman–Crippen MR) is 62.5 cm³/mol. The van der Waals surface area contributed by atoms with Crippen molar-refractivity contribution in [2.24, 2.45) is 5.73 Å². The van der Waals surface area contributed by atoms with Gasteiger partial charge in [-0.3, -0.25) is 4.98 Å². The van der Waals surface area contributed by atoms with Gasteiger partial charge in [-0.1, -0.05) is 0 Å². The van der Waals surface area contributed by atoms with Crippen LogP contribution in [0.15, 0.2) is 12.3 Å². The van der Waals surface area contributed by atoms with Crippen molar-refractivity contribution >= 4 is 5.69 Å². The maximum Gasteiger partial charge on any atom is 0.160 e. The molecule has 2 N–H and O–H groups in total. The molecule has 0 aromatic carbocycles. The lowest BCUT2D eigenvalue weighted by molar-refractivity contribution is 0.412. The number of aryl methyl sites for hydroxylation is 1. The molecule has 1 aromatic rings. The second kappa shape index (κ2) is 5.56. The van der Waals surface area contributed by atoms with E-state index in [1.165, 1.54) is 0 Å². The molecule has 0 spiro atoms. The molecule has 0 fully saturated rings. The highest BCUT2D eigenvalue weighted by molar-refractivity contribution is 5.57. The summed E-state index contributed by atoms with van der Waals surface area (Å²) in [7, 11) is 3.69. The number of nitrogens with zero attached hydrogens (tertiary/aromatic N) is 2. The first kappa shape index (κ1) is 11.8. The molecule has 84 valence electrons. The zero-order chi connectivity index (χ0) is 11.3. The van der Waals surface area contributed by atoms with Gasteiger partial charge in [-0.15, -0.1) is 0 Å². The monoisotopic (exact) mass is 209 g/mol. The van der Waals surface area contributed by atoms with Gasteiger partial charge in [0.2, 0.25) is 0 Å². The van der Waals surface area contributed by atoms with Crippen LogP contribution in [0.1, 0.15) is 12.1 Å². The molecule has 0 bridgehead atoms. The summed E-state index contributed by atoms with van der Waals surface area (Å²) in [5, 5.41) is 0. The van der Waals surface area contributed by atoms with E-state index < -0.39 is 0 Å². The van der Waals surface area contributed by atoms with E-state index in [4.69, 9.17) is 10.5 Å². The zero-order valence-electron chi connectivity index (χ0n) is 9.66. The van der Waals surface area contributed by atoms with E-state index in [-0.39, 0.29) is 0 Å². The number of methoxy groups -OCH3 is 1. The Morgan fingerprint density at radius 1 is 1.53 bits per heavy atom. The highest BCUT2D eigenvalue weighted by atomic mass is 16.5. The third-order valence-electron chi connectivity index (χ3n) is 2.31. The van der Waals surface area contributed by atoms with Gasteiger partial charge in [0.05, 0.1) is 19.0 Å². The average Bonchev–Trinajstić information content (AvgIpc) is 2.25. The first-order valence-electron chi connectivity index (χ1n) is 5.11. The molecule has 4 heteroatoms. The van der Waals surface area contributed by atoms with Crippen molar-refractivity contribution in [2.45, 2.75) is 13.3 Å². The lowest BCUT2D eigenvalue weighted by atomic mass is 10.2. The highest BCUT2D eigenvalue weighted by Gasteiger charge is 2.08. The molecule has 0 amide bonds. The molecular weight excluding hydrogens is 190 g/mol. The fraction of sp³-hybridized carbons (Fsp3) is 0.545. The summed E-state index contributed by atoms with van der Waals surface area (Å²) in [5.74, 6) is 0.806. The number of hydrogen-bond acceptors (Lipinski definition) is 4. The van der Waals surface area contributed by atoms with Crippen LogP contribution < -0.4 is 15.4 Å². The summed E-state index contributed by atoms with van der Waals surface area (Å²) in [5.41, 5.74) is 7.54. The Morgan fingerprint density at radius 2 is 2.27 bits per heavy atom. The topological polar surface area (TPSA) is 51.4 Å². The maximum atomic E-state index is 5.49. The molecule has 0 aliphatic heterocycles.